The van der Waals surface area contributed by atoms with Gasteiger partial charge in [-0.25, -0.2) is 0 Å². The van der Waals surface area contributed by atoms with Crippen molar-refractivity contribution in [1.29, 1.82) is 0 Å². The fraction of sp³-hybridized carbons (Fsp3) is 0.615. The number of hydrogen-bond donors (Lipinski definition) is 1. The number of rotatable bonds is 4. The molecule has 1 heterocycles. The van der Waals surface area contributed by atoms with Crippen molar-refractivity contribution in [3.05, 3.63) is 29.6 Å². The molecule has 0 aromatic carbocycles. The Bertz CT molecular complexity index is 324. The van der Waals surface area contributed by atoms with Crippen LogP contribution in [-0.4, -0.2) is 10.5 Å². The lowest BCUT2D eigenvalue weighted by Gasteiger charge is -2.42. The fourth-order valence-corrected chi connectivity index (χ4v) is 2.25. The van der Waals surface area contributed by atoms with Crippen LogP contribution in [0.15, 0.2) is 18.3 Å². The Hall–Kier alpha value is -0.890. The van der Waals surface area contributed by atoms with Gasteiger partial charge in [-0.3, -0.25) is 4.98 Å². The molecule has 2 heteroatoms. The second kappa shape index (κ2) is 4.31. The van der Waals surface area contributed by atoms with Gasteiger partial charge in [-0.15, -0.1) is 0 Å². The third-order valence-electron chi connectivity index (χ3n) is 3.76. The minimum absolute atomic E-state index is 0.433. The van der Waals surface area contributed by atoms with Crippen LogP contribution in [0.3, 0.4) is 0 Å². The summed E-state index contributed by atoms with van der Waals surface area (Å²) >= 11 is 0. The van der Waals surface area contributed by atoms with Gasteiger partial charge in [0.1, 0.15) is 0 Å². The minimum Gasteiger partial charge on any atom is -0.307 e. The lowest BCUT2D eigenvalue weighted by Crippen LogP contribution is -2.49. The van der Waals surface area contributed by atoms with E-state index in [1.54, 1.807) is 0 Å². The largest absolute Gasteiger partial charge is 0.307 e. The zero-order valence-corrected chi connectivity index (χ0v) is 9.71. The Morgan fingerprint density at radius 2 is 2.27 bits per heavy atom. The molecule has 0 unspecified atom stereocenters. The van der Waals surface area contributed by atoms with Crippen LogP contribution in [0, 0.1) is 6.92 Å². The number of aromatic nitrogens is 1. The van der Waals surface area contributed by atoms with Crippen molar-refractivity contribution in [3.8, 4) is 0 Å². The number of hydrogen-bond acceptors (Lipinski definition) is 2. The summed E-state index contributed by atoms with van der Waals surface area (Å²) in [7, 11) is 0. The molecule has 1 aliphatic rings. The van der Waals surface area contributed by atoms with Gasteiger partial charge < -0.3 is 5.32 Å². The number of nitrogens with one attached hydrogen (secondary N) is 1. The molecule has 0 amide bonds. The van der Waals surface area contributed by atoms with Crippen LogP contribution < -0.4 is 5.32 Å². The van der Waals surface area contributed by atoms with Gasteiger partial charge in [0.25, 0.3) is 0 Å². The second-order valence-electron chi connectivity index (χ2n) is 4.59. The first-order valence-corrected chi connectivity index (χ1v) is 5.91. The van der Waals surface area contributed by atoms with E-state index >= 15 is 0 Å². The highest BCUT2D eigenvalue weighted by Gasteiger charge is 2.34. The maximum atomic E-state index is 4.31. The highest BCUT2D eigenvalue weighted by Crippen LogP contribution is 2.34. The van der Waals surface area contributed by atoms with Crippen molar-refractivity contribution >= 4 is 0 Å². The minimum atomic E-state index is 0.433. The summed E-state index contributed by atoms with van der Waals surface area (Å²) in [6, 6.07) is 4.18. The summed E-state index contributed by atoms with van der Waals surface area (Å²) < 4.78 is 0. The third-order valence-corrected chi connectivity index (χ3v) is 3.76. The predicted octanol–water partition coefficient (Wildman–Crippen LogP) is 2.81. The van der Waals surface area contributed by atoms with Crippen LogP contribution in [0.5, 0.6) is 0 Å². The average molecular weight is 204 g/mol. The van der Waals surface area contributed by atoms with Crippen molar-refractivity contribution in [2.75, 3.05) is 0 Å². The molecule has 0 atom stereocenters. The Labute approximate surface area is 92.1 Å². The molecular formula is C13H20N2. The first-order valence-electron chi connectivity index (χ1n) is 5.91. The maximum Gasteiger partial charge on any atom is 0.0417 e. The molecular weight excluding hydrogens is 184 g/mol. The van der Waals surface area contributed by atoms with E-state index in [0.717, 1.165) is 12.2 Å². The lowest BCUT2D eigenvalue weighted by molar-refractivity contribution is 0.175. The van der Waals surface area contributed by atoms with E-state index in [2.05, 4.69) is 30.2 Å². The molecule has 1 aromatic rings. The smallest absolute Gasteiger partial charge is 0.0417 e. The van der Waals surface area contributed by atoms with Crippen LogP contribution in [0.2, 0.25) is 0 Å². The van der Waals surface area contributed by atoms with Crippen LogP contribution in [0.1, 0.15) is 43.9 Å². The van der Waals surface area contributed by atoms with E-state index < -0.39 is 0 Å². The SMILES string of the molecule is CCC1(NCc2cccnc2C)CCC1. The van der Waals surface area contributed by atoms with Crippen molar-refractivity contribution in [1.82, 2.24) is 10.3 Å². The molecule has 0 aliphatic heterocycles. The van der Waals surface area contributed by atoms with Gasteiger partial charge in [0.2, 0.25) is 0 Å². The molecule has 1 fully saturated rings. The van der Waals surface area contributed by atoms with E-state index in [1.807, 2.05) is 12.3 Å². The quantitative estimate of drug-likeness (QED) is 0.815. The fourth-order valence-electron chi connectivity index (χ4n) is 2.25. The molecule has 0 bridgehead atoms. The highest BCUT2D eigenvalue weighted by molar-refractivity contribution is 5.18. The molecule has 1 N–H and O–H groups in total. The molecule has 1 saturated carbocycles. The number of pyridine rings is 1. The topological polar surface area (TPSA) is 24.9 Å². The summed E-state index contributed by atoms with van der Waals surface area (Å²) in [6.45, 7) is 5.33. The molecule has 1 aromatic heterocycles. The maximum absolute atomic E-state index is 4.31. The van der Waals surface area contributed by atoms with E-state index in [9.17, 15) is 0 Å². The number of aryl methyl sites for hydroxylation is 1. The monoisotopic (exact) mass is 204 g/mol. The van der Waals surface area contributed by atoms with Gasteiger partial charge in [-0.1, -0.05) is 13.0 Å². The molecule has 82 valence electrons. The Morgan fingerprint density at radius 3 is 2.80 bits per heavy atom. The van der Waals surface area contributed by atoms with Crippen molar-refractivity contribution in [2.24, 2.45) is 0 Å². The summed E-state index contributed by atoms with van der Waals surface area (Å²) in [6.07, 6.45) is 7.16. The zero-order valence-electron chi connectivity index (χ0n) is 9.71. The van der Waals surface area contributed by atoms with Gasteiger partial charge in [-0.05, 0) is 44.2 Å². The van der Waals surface area contributed by atoms with Gasteiger partial charge in [0.15, 0.2) is 0 Å². The van der Waals surface area contributed by atoms with Crippen LogP contribution in [0.4, 0.5) is 0 Å². The summed E-state index contributed by atoms with van der Waals surface area (Å²) in [5.74, 6) is 0. The molecule has 2 rings (SSSR count). The van der Waals surface area contributed by atoms with E-state index in [1.165, 1.54) is 31.2 Å². The molecule has 15 heavy (non-hydrogen) atoms. The zero-order chi connectivity index (χ0) is 10.7. The van der Waals surface area contributed by atoms with Gasteiger partial charge >= 0.3 is 0 Å². The van der Waals surface area contributed by atoms with Crippen LogP contribution in [-0.2, 0) is 6.54 Å². The lowest BCUT2D eigenvalue weighted by atomic mass is 9.75. The normalized spacial score (nSPS) is 18.5. The summed E-state index contributed by atoms with van der Waals surface area (Å²) in [5, 5.41) is 3.70. The van der Waals surface area contributed by atoms with Gasteiger partial charge in [0, 0.05) is 24.0 Å². The average Bonchev–Trinajstić information content (AvgIpc) is 2.19. The molecule has 0 saturated heterocycles. The Balaban J connectivity index is 1.95. The standard InChI is InChI=1S/C13H20N2/c1-3-13(7-5-8-13)15-10-12-6-4-9-14-11(12)2/h4,6,9,15H,3,5,7-8,10H2,1-2H3. The number of nitrogens with zero attached hydrogens (tertiary/aromatic N) is 1. The van der Waals surface area contributed by atoms with E-state index in [0.29, 0.717) is 5.54 Å². The van der Waals surface area contributed by atoms with Crippen LogP contribution >= 0.6 is 0 Å². The summed E-state index contributed by atoms with van der Waals surface area (Å²) in [5.41, 5.74) is 2.91. The van der Waals surface area contributed by atoms with Crippen LogP contribution in [0.25, 0.3) is 0 Å². The molecule has 2 nitrogen and oxygen atoms in total. The molecule has 0 spiro atoms. The molecule has 1 aliphatic carbocycles. The van der Waals surface area contributed by atoms with E-state index in [4.69, 9.17) is 0 Å². The predicted molar refractivity (Wildman–Crippen MR) is 62.7 cm³/mol. The van der Waals surface area contributed by atoms with Crippen molar-refractivity contribution < 1.29 is 0 Å². The van der Waals surface area contributed by atoms with Gasteiger partial charge in [0.05, 0.1) is 0 Å². The first-order chi connectivity index (χ1) is 7.26. The molecule has 0 radical (unpaired) electrons. The summed E-state index contributed by atoms with van der Waals surface area (Å²) in [4.78, 5) is 4.31. The first kappa shape index (κ1) is 10.6. The van der Waals surface area contributed by atoms with Gasteiger partial charge in [-0.2, -0.15) is 0 Å². The Kier molecular flexibility index (Phi) is 3.06. The highest BCUT2D eigenvalue weighted by atomic mass is 15.0. The van der Waals surface area contributed by atoms with Crippen molar-refractivity contribution in [2.45, 2.75) is 51.6 Å². The third kappa shape index (κ3) is 2.20. The van der Waals surface area contributed by atoms with E-state index in [-0.39, 0.29) is 0 Å². The Morgan fingerprint density at radius 1 is 1.47 bits per heavy atom. The van der Waals surface area contributed by atoms with Crippen molar-refractivity contribution in [3.63, 3.8) is 0 Å². The second-order valence-corrected chi connectivity index (χ2v) is 4.59.